The van der Waals surface area contributed by atoms with Crippen LogP contribution in [0.1, 0.15) is 5.69 Å². The number of nitrogens with two attached hydrogens (primary N) is 1. The van der Waals surface area contributed by atoms with Gasteiger partial charge in [-0.3, -0.25) is 0 Å². The first-order chi connectivity index (χ1) is 5.15. The molecule has 0 fully saturated rings. The average molecular weight is 157 g/mol. The third kappa shape index (κ3) is 1.36. The highest BCUT2D eigenvalue weighted by atomic mass is 19.1. The molecule has 11 heavy (non-hydrogen) atoms. The van der Waals surface area contributed by atoms with Crippen molar-refractivity contribution in [2.24, 2.45) is 0 Å². The van der Waals surface area contributed by atoms with Gasteiger partial charge in [-0.15, -0.1) is 0 Å². The van der Waals surface area contributed by atoms with E-state index < -0.39 is 5.82 Å². The molecule has 0 amide bonds. The molecule has 2 N–H and O–H groups in total. The summed E-state index contributed by atoms with van der Waals surface area (Å²) >= 11 is 0. The molecule has 0 unspecified atom stereocenters. The quantitative estimate of drug-likeness (QED) is 0.645. The summed E-state index contributed by atoms with van der Waals surface area (Å²) in [7, 11) is 1.39. The maximum absolute atomic E-state index is 12.7. The number of aromatic nitrogens is 2. The molecule has 5 heteroatoms. The maximum atomic E-state index is 12.7. The summed E-state index contributed by atoms with van der Waals surface area (Å²) in [5.74, 6) is -0.778. The number of rotatable bonds is 1. The molecule has 0 radical (unpaired) electrons. The highest BCUT2D eigenvalue weighted by molar-refractivity contribution is 5.33. The van der Waals surface area contributed by atoms with Crippen LogP contribution in [-0.4, -0.2) is 17.1 Å². The first-order valence-corrected chi connectivity index (χ1v) is 2.98. The van der Waals surface area contributed by atoms with E-state index in [0.29, 0.717) is 0 Å². The minimum Gasteiger partial charge on any atom is -0.467 e. The van der Waals surface area contributed by atoms with Crippen LogP contribution in [0.25, 0.3) is 0 Å². The third-order valence-electron chi connectivity index (χ3n) is 1.20. The molecule has 0 aromatic carbocycles. The predicted molar refractivity (Wildman–Crippen MR) is 37.7 cm³/mol. The lowest BCUT2D eigenvalue weighted by molar-refractivity contribution is 0.376. The molecule has 4 nitrogen and oxygen atoms in total. The first kappa shape index (κ1) is 7.71. The Bertz CT molecular complexity index is 254. The standard InChI is InChI=1S/C6H8FN3O/c1-3-4(7)5(8)10-6(9-3)11-2/h1-2H3,(H2,8,9,10). The van der Waals surface area contributed by atoms with Gasteiger partial charge in [0, 0.05) is 0 Å². The van der Waals surface area contributed by atoms with Crippen LogP contribution in [0.5, 0.6) is 6.01 Å². The molecule has 0 aliphatic heterocycles. The van der Waals surface area contributed by atoms with E-state index in [2.05, 4.69) is 14.7 Å². The van der Waals surface area contributed by atoms with Gasteiger partial charge in [-0.05, 0) is 6.92 Å². The van der Waals surface area contributed by atoms with Crippen molar-refractivity contribution in [3.05, 3.63) is 11.5 Å². The Balaban J connectivity index is 3.21. The van der Waals surface area contributed by atoms with E-state index >= 15 is 0 Å². The van der Waals surface area contributed by atoms with Gasteiger partial charge >= 0.3 is 6.01 Å². The van der Waals surface area contributed by atoms with E-state index in [4.69, 9.17) is 5.73 Å². The van der Waals surface area contributed by atoms with Crippen molar-refractivity contribution >= 4 is 5.82 Å². The minimum absolute atomic E-state index is 0.0846. The monoisotopic (exact) mass is 157 g/mol. The Hall–Kier alpha value is -1.39. The topological polar surface area (TPSA) is 61.0 Å². The lowest BCUT2D eigenvalue weighted by Crippen LogP contribution is -2.03. The Morgan fingerprint density at radius 1 is 1.45 bits per heavy atom. The molecule has 0 aliphatic rings. The van der Waals surface area contributed by atoms with Gasteiger partial charge in [0.2, 0.25) is 0 Å². The van der Waals surface area contributed by atoms with Crippen LogP contribution in [0.4, 0.5) is 10.2 Å². The molecular weight excluding hydrogens is 149 g/mol. The zero-order valence-electron chi connectivity index (χ0n) is 6.26. The van der Waals surface area contributed by atoms with Gasteiger partial charge in [0.25, 0.3) is 0 Å². The highest BCUT2D eigenvalue weighted by Gasteiger charge is 2.07. The Morgan fingerprint density at radius 3 is 2.55 bits per heavy atom. The summed E-state index contributed by atoms with van der Waals surface area (Å²) < 4.78 is 17.4. The third-order valence-corrected chi connectivity index (χ3v) is 1.20. The Morgan fingerprint density at radius 2 is 2.09 bits per heavy atom. The zero-order valence-corrected chi connectivity index (χ0v) is 6.26. The van der Waals surface area contributed by atoms with Gasteiger partial charge in [-0.25, -0.2) is 4.39 Å². The van der Waals surface area contributed by atoms with E-state index in [1.54, 1.807) is 0 Å². The number of methoxy groups -OCH3 is 1. The molecule has 0 spiro atoms. The van der Waals surface area contributed by atoms with E-state index in [0.717, 1.165) is 0 Å². The van der Waals surface area contributed by atoms with Crippen LogP contribution in [0, 0.1) is 12.7 Å². The van der Waals surface area contributed by atoms with Crippen LogP contribution < -0.4 is 10.5 Å². The van der Waals surface area contributed by atoms with Crippen molar-refractivity contribution < 1.29 is 9.13 Å². The number of nitrogens with zero attached hydrogens (tertiary/aromatic N) is 2. The molecule has 0 atom stereocenters. The SMILES string of the molecule is COc1nc(C)c(F)c(N)n1. The van der Waals surface area contributed by atoms with Gasteiger partial charge in [0.05, 0.1) is 12.8 Å². The normalized spacial score (nSPS) is 9.73. The van der Waals surface area contributed by atoms with Crippen LogP contribution >= 0.6 is 0 Å². The summed E-state index contributed by atoms with van der Waals surface area (Å²) in [6.45, 7) is 1.50. The van der Waals surface area contributed by atoms with Crippen LogP contribution in [0.3, 0.4) is 0 Å². The molecule has 1 rings (SSSR count). The lowest BCUT2D eigenvalue weighted by atomic mass is 10.4. The molecule has 60 valence electrons. The van der Waals surface area contributed by atoms with Gasteiger partial charge < -0.3 is 10.5 Å². The van der Waals surface area contributed by atoms with E-state index in [-0.39, 0.29) is 17.5 Å². The maximum Gasteiger partial charge on any atom is 0.318 e. The number of aryl methyl sites for hydroxylation is 1. The fourth-order valence-electron chi connectivity index (χ4n) is 0.646. The molecule has 0 saturated carbocycles. The lowest BCUT2D eigenvalue weighted by Gasteiger charge is -2.01. The van der Waals surface area contributed by atoms with Gasteiger partial charge in [-0.1, -0.05) is 0 Å². The second-order valence-corrected chi connectivity index (χ2v) is 1.99. The van der Waals surface area contributed by atoms with Crippen molar-refractivity contribution in [3.8, 4) is 6.01 Å². The van der Waals surface area contributed by atoms with Gasteiger partial charge in [0.1, 0.15) is 0 Å². The van der Waals surface area contributed by atoms with Gasteiger partial charge in [0.15, 0.2) is 11.6 Å². The van der Waals surface area contributed by atoms with Crippen molar-refractivity contribution in [1.82, 2.24) is 9.97 Å². The van der Waals surface area contributed by atoms with Crippen molar-refractivity contribution in [3.63, 3.8) is 0 Å². The average Bonchev–Trinajstić information content (AvgIpc) is 1.99. The largest absolute Gasteiger partial charge is 0.467 e. The predicted octanol–water partition coefficient (Wildman–Crippen LogP) is 0.515. The van der Waals surface area contributed by atoms with Crippen molar-refractivity contribution in [1.29, 1.82) is 0 Å². The summed E-state index contributed by atoms with van der Waals surface area (Å²) in [5, 5.41) is 0. The molecular formula is C6H8FN3O. The zero-order chi connectivity index (χ0) is 8.43. The molecule has 1 heterocycles. The smallest absolute Gasteiger partial charge is 0.318 e. The fourth-order valence-corrected chi connectivity index (χ4v) is 0.646. The number of hydrogen-bond donors (Lipinski definition) is 1. The number of halogens is 1. The number of anilines is 1. The fraction of sp³-hybridized carbons (Fsp3) is 0.333. The van der Waals surface area contributed by atoms with E-state index in [1.165, 1.54) is 14.0 Å². The number of hydrogen-bond acceptors (Lipinski definition) is 4. The second-order valence-electron chi connectivity index (χ2n) is 1.99. The summed E-state index contributed by atoms with van der Waals surface area (Å²) in [6, 6.07) is 0.0846. The summed E-state index contributed by atoms with van der Waals surface area (Å²) in [5.41, 5.74) is 5.38. The first-order valence-electron chi connectivity index (χ1n) is 2.98. The van der Waals surface area contributed by atoms with Crippen molar-refractivity contribution in [2.45, 2.75) is 6.92 Å². The van der Waals surface area contributed by atoms with Crippen LogP contribution in [-0.2, 0) is 0 Å². The highest BCUT2D eigenvalue weighted by Crippen LogP contribution is 2.13. The summed E-state index contributed by atoms with van der Waals surface area (Å²) in [4.78, 5) is 7.19. The number of ether oxygens (including phenoxy) is 1. The van der Waals surface area contributed by atoms with Crippen LogP contribution in [0.15, 0.2) is 0 Å². The number of nitrogen functional groups attached to an aromatic ring is 1. The molecule has 0 aliphatic carbocycles. The molecule has 0 bridgehead atoms. The van der Waals surface area contributed by atoms with Crippen molar-refractivity contribution in [2.75, 3.05) is 12.8 Å². The Labute approximate surface area is 63.2 Å². The Kier molecular flexibility index (Phi) is 1.89. The van der Waals surface area contributed by atoms with E-state index in [9.17, 15) is 4.39 Å². The minimum atomic E-state index is -0.592. The molecule has 1 aromatic rings. The van der Waals surface area contributed by atoms with E-state index in [1.807, 2.05) is 0 Å². The summed E-state index contributed by atoms with van der Waals surface area (Å²) in [6.07, 6.45) is 0. The van der Waals surface area contributed by atoms with Gasteiger partial charge in [-0.2, -0.15) is 9.97 Å². The molecule has 1 aromatic heterocycles. The van der Waals surface area contributed by atoms with Crippen LogP contribution in [0.2, 0.25) is 0 Å². The second kappa shape index (κ2) is 2.69. The molecule has 0 saturated heterocycles.